The van der Waals surface area contributed by atoms with E-state index in [1.54, 1.807) is 13.2 Å². The van der Waals surface area contributed by atoms with Gasteiger partial charge in [0.2, 0.25) is 0 Å². The summed E-state index contributed by atoms with van der Waals surface area (Å²) in [6.45, 7) is 7.05. The Morgan fingerprint density at radius 1 is 0.849 bits per heavy atom. The molecule has 2 aliphatic heterocycles. The number of likely N-dealkylation sites (N-methyl/N-ethyl adjacent to an activating group) is 1. The zero-order valence-electron chi connectivity index (χ0n) is 32.3. The van der Waals surface area contributed by atoms with Gasteiger partial charge in [0.1, 0.15) is 5.60 Å². The predicted octanol–water partition coefficient (Wildman–Crippen LogP) is 1.56. The van der Waals surface area contributed by atoms with E-state index in [4.69, 9.17) is 42.2 Å². The molecule has 13 nitrogen and oxygen atoms in total. The largest absolute Gasteiger partial charge is 1.00 e. The van der Waals surface area contributed by atoms with Crippen LogP contribution in [0.4, 0.5) is 0 Å². The first kappa shape index (κ1) is 44.8. The third kappa shape index (κ3) is 10.9. The van der Waals surface area contributed by atoms with Gasteiger partial charge in [0.15, 0.2) is 23.4 Å². The fraction of sp³-hybridized carbons (Fsp3) is 0.763. The Balaban J connectivity index is 0.00000627. The van der Waals surface area contributed by atoms with E-state index in [0.29, 0.717) is 77.1 Å². The van der Waals surface area contributed by atoms with Crippen molar-refractivity contribution < 1.29 is 86.0 Å². The van der Waals surface area contributed by atoms with Crippen LogP contribution in [0, 0.1) is 0 Å². The number of nitrogens with zero attached hydrogens (tertiary/aromatic N) is 1. The summed E-state index contributed by atoms with van der Waals surface area (Å²) < 4.78 is 64.5. The topological polar surface area (TPSA) is 144 Å². The molecule has 5 atom stereocenters. The van der Waals surface area contributed by atoms with Crippen LogP contribution in [0.5, 0.6) is 11.5 Å². The van der Waals surface area contributed by atoms with Gasteiger partial charge in [-0.05, 0) is 56.6 Å². The number of hydrogen-bond donors (Lipinski definition) is 0. The molecule has 1 saturated heterocycles. The molecular weight excluding hydrogens is 716 g/mol. The number of carbonyl (C=O) groups is 1. The molecule has 15 heteroatoms. The first-order chi connectivity index (χ1) is 25.3. The number of unbranched alkanes of at least 4 members (excludes halogenated alkanes) is 7. The molecule has 294 valence electrons. The fourth-order valence-corrected chi connectivity index (χ4v) is 9.22. The zero-order chi connectivity index (χ0) is 36.9. The minimum atomic E-state index is -4.87. The monoisotopic (exact) mass is 775 g/mol. The molecule has 2 heterocycles. The van der Waals surface area contributed by atoms with E-state index in [-0.39, 0.29) is 61.2 Å². The van der Waals surface area contributed by atoms with E-state index in [2.05, 4.69) is 11.8 Å². The molecule has 53 heavy (non-hydrogen) atoms. The number of benzene rings is 1. The van der Waals surface area contributed by atoms with Gasteiger partial charge < -0.3 is 47.1 Å². The molecule has 0 N–H and O–H groups in total. The van der Waals surface area contributed by atoms with Crippen LogP contribution in [0.25, 0.3) is 0 Å². The molecule has 1 spiro atoms. The summed E-state index contributed by atoms with van der Waals surface area (Å²) >= 11 is 0. The Morgan fingerprint density at radius 2 is 1.42 bits per heavy atom. The van der Waals surface area contributed by atoms with Crippen LogP contribution in [0.3, 0.4) is 0 Å². The number of ketones is 1. The van der Waals surface area contributed by atoms with Crippen LogP contribution >= 0.6 is 7.82 Å². The second-order valence-electron chi connectivity index (χ2n) is 14.0. The molecule has 2 aliphatic carbocycles. The predicted molar refractivity (Wildman–Crippen MR) is 192 cm³/mol. The minimum absolute atomic E-state index is 0. The van der Waals surface area contributed by atoms with Crippen molar-refractivity contribution in [3.05, 3.63) is 35.4 Å². The summed E-state index contributed by atoms with van der Waals surface area (Å²) in [4.78, 5) is 28.8. The van der Waals surface area contributed by atoms with E-state index >= 15 is 0 Å². The van der Waals surface area contributed by atoms with Gasteiger partial charge in [0.05, 0.1) is 78.6 Å². The molecule has 4 aliphatic rings. The van der Waals surface area contributed by atoms with Crippen molar-refractivity contribution >= 4 is 13.6 Å². The van der Waals surface area contributed by atoms with Crippen LogP contribution in [0.15, 0.2) is 24.3 Å². The molecule has 0 amide bonds. The van der Waals surface area contributed by atoms with Crippen molar-refractivity contribution in [3.63, 3.8) is 0 Å². The van der Waals surface area contributed by atoms with E-state index in [1.165, 1.54) is 51.0 Å². The molecule has 0 radical (unpaired) electrons. The van der Waals surface area contributed by atoms with Gasteiger partial charge in [-0.15, -0.1) is 0 Å². The molecule has 1 unspecified atom stereocenters. The van der Waals surface area contributed by atoms with Crippen LogP contribution in [0.1, 0.15) is 75.8 Å². The number of ether oxygens (including phenoxy) is 7. The summed E-state index contributed by atoms with van der Waals surface area (Å²) in [5.74, 6) is 0.756. The third-order valence-corrected chi connectivity index (χ3v) is 11.7. The van der Waals surface area contributed by atoms with Gasteiger partial charge >= 0.3 is 29.6 Å². The van der Waals surface area contributed by atoms with Gasteiger partial charge in [0, 0.05) is 18.2 Å². The van der Waals surface area contributed by atoms with E-state index in [1.807, 2.05) is 19.2 Å². The summed E-state index contributed by atoms with van der Waals surface area (Å²) in [7, 11) is -1.38. The van der Waals surface area contributed by atoms with E-state index in [0.717, 1.165) is 24.2 Å². The quantitative estimate of drug-likeness (QED) is 0.0691. The number of rotatable bonds is 28. The van der Waals surface area contributed by atoms with Gasteiger partial charge in [-0.25, -0.2) is 0 Å². The number of phosphoric acid groups is 1. The second kappa shape index (κ2) is 22.1. The van der Waals surface area contributed by atoms with Crippen molar-refractivity contribution in [1.29, 1.82) is 0 Å². The first-order valence-electron chi connectivity index (χ1n) is 19.1. The Hall–Kier alpha value is -0.900. The smallest absolute Gasteiger partial charge is 0.756 e. The number of likely N-dealkylation sites (tertiary alicyclic amines) is 1. The van der Waals surface area contributed by atoms with Crippen molar-refractivity contribution in [3.8, 4) is 11.5 Å². The van der Waals surface area contributed by atoms with Crippen molar-refractivity contribution in [1.82, 2.24) is 4.90 Å². The Kier molecular flexibility index (Phi) is 18.7. The van der Waals surface area contributed by atoms with Crippen molar-refractivity contribution in [2.75, 3.05) is 93.4 Å². The molecular formula is C38H59NNaO12P. The molecule has 2 bridgehead atoms. The molecule has 1 aromatic rings. The molecule has 1 aromatic carbocycles. The van der Waals surface area contributed by atoms with Crippen LogP contribution in [0.2, 0.25) is 0 Å². The molecule has 0 aromatic heterocycles. The van der Waals surface area contributed by atoms with Gasteiger partial charge in [-0.1, -0.05) is 57.9 Å². The Bertz CT molecular complexity index is 1370. The molecule has 1 fully saturated rings. The van der Waals surface area contributed by atoms with Crippen LogP contribution in [-0.2, 0) is 53.9 Å². The SMILES string of the molecule is CCCCCCCCCCOCCOCCOCCOCCOCCOP(=O)([O-])O[C@@]12C=CC(=O)[C@@H]3Oc4c(OC)ccc5c4[C@@]31CCN(C)[C@@H]2C5.[Na+]. The van der Waals surface area contributed by atoms with Crippen molar-refractivity contribution in [2.45, 2.75) is 94.3 Å². The standard InChI is InChI=1S/C38H60NO12P.Na/c1-4-5-6-7-8-9-10-11-18-44-19-20-45-21-22-46-23-24-47-25-26-48-27-28-49-52(41,42)51-38-15-14-31(40)36-37(38)16-17-39(2)33(38)29-30-12-13-32(43-3)35(50-36)34(30)37;/h12-15,33,36H,4-11,16-29H2,1-3H3,(H,41,42);/q;+1/p-1/t33-,36+,37+,38-;/m1./s1. The van der Waals surface area contributed by atoms with Gasteiger partial charge in [-0.3, -0.25) is 14.3 Å². The maximum Gasteiger partial charge on any atom is 1.00 e. The maximum atomic E-state index is 13.4. The van der Waals surface area contributed by atoms with Crippen LogP contribution in [-0.4, -0.2) is 122 Å². The summed E-state index contributed by atoms with van der Waals surface area (Å²) in [6.07, 6.45) is 13.4. The van der Waals surface area contributed by atoms with Crippen LogP contribution < -0.4 is 43.9 Å². The molecule has 5 rings (SSSR count). The van der Waals surface area contributed by atoms with E-state index in [9.17, 15) is 14.3 Å². The number of phosphoric ester groups is 1. The average molecular weight is 776 g/mol. The molecule has 0 saturated carbocycles. The maximum absolute atomic E-state index is 13.4. The first-order valence-corrected chi connectivity index (χ1v) is 20.6. The van der Waals surface area contributed by atoms with Crippen molar-refractivity contribution in [2.24, 2.45) is 0 Å². The summed E-state index contributed by atoms with van der Waals surface area (Å²) in [5.41, 5.74) is -0.645. The summed E-state index contributed by atoms with van der Waals surface area (Å²) in [5, 5.41) is 0. The average Bonchev–Trinajstić information content (AvgIpc) is 3.49. The van der Waals surface area contributed by atoms with Gasteiger partial charge in [-0.2, -0.15) is 0 Å². The number of piperidine rings is 1. The zero-order valence-corrected chi connectivity index (χ0v) is 35.2. The Morgan fingerprint density at radius 3 is 2.02 bits per heavy atom. The minimum Gasteiger partial charge on any atom is -0.756 e. The number of methoxy groups -OCH3 is 1. The fourth-order valence-electron chi connectivity index (χ4n) is 8.16. The Labute approximate surface area is 337 Å². The summed E-state index contributed by atoms with van der Waals surface area (Å²) in [6, 6.07) is 3.43. The van der Waals surface area contributed by atoms with E-state index < -0.39 is 24.9 Å². The number of hydrogen-bond acceptors (Lipinski definition) is 13. The normalized spacial score (nSPS) is 25.1. The third-order valence-electron chi connectivity index (χ3n) is 10.7. The van der Waals surface area contributed by atoms with Gasteiger partial charge in [0.25, 0.3) is 7.82 Å². The number of carbonyl (C=O) groups excluding carboxylic acids is 1. The second-order valence-corrected chi connectivity index (χ2v) is 15.3.